The van der Waals surface area contributed by atoms with Gasteiger partial charge in [0.05, 0.1) is 34.1 Å². The number of anilines is 6. The molecule has 18 aromatic rings. The van der Waals surface area contributed by atoms with E-state index in [1.807, 2.05) is 24.3 Å². The van der Waals surface area contributed by atoms with E-state index in [2.05, 4.69) is 265 Å². The van der Waals surface area contributed by atoms with Crippen LogP contribution >= 0.6 is 0 Å². The summed E-state index contributed by atoms with van der Waals surface area (Å²) in [6.45, 7) is 0. The van der Waals surface area contributed by atoms with Crippen molar-refractivity contribution in [2.24, 2.45) is 0 Å². The number of benzene rings is 14. The Labute approximate surface area is 480 Å². The SMILES string of the molecule is c1ccc(-c2c(N(c3ccc4c(c3)oc3cc5cc6c(cc5cc34)oc3cc(N(c4ccc5ccccc5c4-c4ccccc4)c4cccc5c4oc4ccccc45)ccc36)c3cccc4c3oc3ccccc34)ccc3ccccc23)cc1. The minimum atomic E-state index is 0.785. The second-order valence-electron chi connectivity index (χ2n) is 21.9. The molecule has 0 spiro atoms. The number of para-hydroxylation sites is 4. The van der Waals surface area contributed by atoms with Crippen LogP contribution in [-0.4, -0.2) is 0 Å². The van der Waals surface area contributed by atoms with Crippen LogP contribution in [0, 0.1) is 0 Å². The summed E-state index contributed by atoms with van der Waals surface area (Å²) in [6.07, 6.45) is 0. The Morgan fingerprint density at radius 3 is 1.05 bits per heavy atom. The second-order valence-corrected chi connectivity index (χ2v) is 21.9. The quantitative estimate of drug-likeness (QED) is 0.151. The van der Waals surface area contributed by atoms with Gasteiger partial charge in [0.15, 0.2) is 11.2 Å². The molecule has 0 atom stereocenters. The van der Waals surface area contributed by atoms with Crippen LogP contribution in [0.25, 0.3) is 142 Å². The van der Waals surface area contributed by atoms with Gasteiger partial charge < -0.3 is 27.5 Å². The lowest BCUT2D eigenvalue weighted by atomic mass is 9.95. The molecule has 0 saturated carbocycles. The standard InChI is InChI=1S/C78H46N2O4/c1-3-19-49(20-4-1)75-55-23-9-7-17-47(55)33-39-65(75)79(67-29-15-27-61-57-25-11-13-31-69(57)83-77(61)67)53-35-37-59-63-41-51-44-72-64(42-52(51)43-71(63)81-73(59)45-53)60-38-36-54(46-74(60)82-72)80(68-30-16-28-62-58-26-12-14-32-70(58)84-78(62)68)66-40-34-48-18-8-10-24-56(48)76(66)50-21-5-2-6-22-50/h1-46H. The fraction of sp³-hybridized carbons (Fsp3) is 0. The normalized spacial score (nSPS) is 12.0. The Kier molecular flexibility index (Phi) is 9.99. The van der Waals surface area contributed by atoms with Crippen LogP contribution < -0.4 is 9.80 Å². The molecule has 0 aliphatic carbocycles. The molecule has 4 heterocycles. The van der Waals surface area contributed by atoms with Gasteiger partial charge in [-0.3, -0.25) is 0 Å². The van der Waals surface area contributed by atoms with Crippen molar-refractivity contribution in [2.75, 3.05) is 9.80 Å². The molecule has 0 amide bonds. The van der Waals surface area contributed by atoms with Gasteiger partial charge in [-0.05, 0) is 128 Å². The molecule has 6 heteroatoms. The molecule has 0 bridgehead atoms. The third kappa shape index (κ3) is 7.04. The fourth-order valence-corrected chi connectivity index (χ4v) is 13.4. The number of hydrogen-bond donors (Lipinski definition) is 0. The van der Waals surface area contributed by atoms with E-state index in [1.54, 1.807) is 0 Å². The first-order valence-corrected chi connectivity index (χ1v) is 28.5. The van der Waals surface area contributed by atoms with Crippen molar-refractivity contribution in [3.05, 3.63) is 279 Å². The summed E-state index contributed by atoms with van der Waals surface area (Å²) in [6, 6.07) is 99.1. The van der Waals surface area contributed by atoms with Crippen molar-refractivity contribution in [1.82, 2.24) is 0 Å². The van der Waals surface area contributed by atoms with Gasteiger partial charge in [-0.15, -0.1) is 0 Å². The minimum Gasteiger partial charge on any atom is -0.456 e. The molecule has 0 fully saturated rings. The van der Waals surface area contributed by atoms with Gasteiger partial charge in [0.25, 0.3) is 0 Å². The van der Waals surface area contributed by atoms with Gasteiger partial charge in [0.2, 0.25) is 0 Å². The predicted octanol–water partition coefficient (Wildman–Crippen LogP) is 23.0. The highest BCUT2D eigenvalue weighted by Crippen LogP contribution is 2.51. The first-order valence-electron chi connectivity index (χ1n) is 28.5. The molecular weight excluding hydrogens is 1030 g/mol. The molecule has 0 radical (unpaired) electrons. The van der Waals surface area contributed by atoms with E-state index in [0.29, 0.717) is 0 Å². The fourth-order valence-electron chi connectivity index (χ4n) is 13.4. The monoisotopic (exact) mass is 1070 g/mol. The highest BCUT2D eigenvalue weighted by atomic mass is 16.3. The summed E-state index contributed by atoms with van der Waals surface area (Å²) in [4.78, 5) is 4.69. The summed E-state index contributed by atoms with van der Waals surface area (Å²) < 4.78 is 27.6. The lowest BCUT2D eigenvalue weighted by Gasteiger charge is -2.28. The first kappa shape index (κ1) is 46.4. The van der Waals surface area contributed by atoms with E-state index in [-0.39, 0.29) is 0 Å². The third-order valence-electron chi connectivity index (χ3n) is 17.2. The lowest BCUT2D eigenvalue weighted by molar-refractivity contribution is 0.667. The largest absolute Gasteiger partial charge is 0.456 e. The number of nitrogens with zero attached hydrogens (tertiary/aromatic N) is 2. The first-order chi connectivity index (χ1) is 41.6. The average Bonchev–Trinajstić information content (AvgIpc) is 2.84. The van der Waals surface area contributed by atoms with Gasteiger partial charge >= 0.3 is 0 Å². The van der Waals surface area contributed by atoms with Gasteiger partial charge in [-0.1, -0.05) is 182 Å². The smallest absolute Gasteiger partial charge is 0.159 e. The molecule has 18 rings (SSSR count). The number of rotatable bonds is 8. The third-order valence-corrected chi connectivity index (χ3v) is 17.2. The Balaban J connectivity index is 0.795. The summed E-state index contributed by atoms with van der Waals surface area (Å²) in [5, 5.41) is 15.2. The van der Waals surface area contributed by atoms with Crippen LogP contribution in [0.1, 0.15) is 0 Å². The van der Waals surface area contributed by atoms with E-state index in [4.69, 9.17) is 17.7 Å². The van der Waals surface area contributed by atoms with E-state index in [9.17, 15) is 0 Å². The van der Waals surface area contributed by atoms with Crippen LogP contribution in [0.15, 0.2) is 297 Å². The van der Waals surface area contributed by atoms with Gasteiger partial charge in [0, 0.05) is 66.3 Å². The Morgan fingerprint density at radius 2 is 0.583 bits per heavy atom. The lowest BCUT2D eigenvalue weighted by Crippen LogP contribution is -2.11. The molecule has 0 aliphatic rings. The van der Waals surface area contributed by atoms with Crippen molar-refractivity contribution in [3.63, 3.8) is 0 Å². The zero-order chi connectivity index (χ0) is 55.0. The van der Waals surface area contributed by atoms with E-state index >= 15 is 0 Å². The predicted molar refractivity (Wildman–Crippen MR) is 348 cm³/mol. The van der Waals surface area contributed by atoms with Gasteiger partial charge in [-0.25, -0.2) is 0 Å². The molecular formula is C78H46N2O4. The highest BCUT2D eigenvalue weighted by Gasteiger charge is 2.27. The maximum absolute atomic E-state index is 6.98. The molecule has 0 saturated heterocycles. The van der Waals surface area contributed by atoms with E-state index in [0.717, 1.165) is 166 Å². The van der Waals surface area contributed by atoms with Crippen molar-refractivity contribution >= 4 is 154 Å². The molecule has 84 heavy (non-hydrogen) atoms. The van der Waals surface area contributed by atoms with Crippen molar-refractivity contribution in [3.8, 4) is 22.3 Å². The highest BCUT2D eigenvalue weighted by molar-refractivity contribution is 6.18. The van der Waals surface area contributed by atoms with Crippen LogP contribution in [-0.2, 0) is 0 Å². The molecule has 4 aromatic heterocycles. The molecule has 0 N–H and O–H groups in total. The molecule has 0 unspecified atom stereocenters. The van der Waals surface area contributed by atoms with Crippen LogP contribution in [0.2, 0.25) is 0 Å². The molecule has 14 aromatic carbocycles. The van der Waals surface area contributed by atoms with Crippen LogP contribution in [0.5, 0.6) is 0 Å². The van der Waals surface area contributed by atoms with Crippen molar-refractivity contribution < 1.29 is 17.7 Å². The Morgan fingerprint density at radius 1 is 0.202 bits per heavy atom. The summed E-state index contributed by atoms with van der Waals surface area (Å²) in [5.41, 5.74) is 16.8. The minimum absolute atomic E-state index is 0.785. The molecule has 6 nitrogen and oxygen atoms in total. The number of fused-ring (bicyclic) bond motifs is 15. The van der Waals surface area contributed by atoms with Crippen LogP contribution in [0.3, 0.4) is 0 Å². The average molecular weight is 1080 g/mol. The van der Waals surface area contributed by atoms with E-state index < -0.39 is 0 Å². The molecule has 392 valence electrons. The zero-order valence-corrected chi connectivity index (χ0v) is 45.1. The van der Waals surface area contributed by atoms with Crippen molar-refractivity contribution in [1.29, 1.82) is 0 Å². The van der Waals surface area contributed by atoms with E-state index in [1.165, 1.54) is 10.8 Å². The summed E-state index contributed by atoms with van der Waals surface area (Å²) in [7, 11) is 0. The topological polar surface area (TPSA) is 59.0 Å². The molecule has 0 aliphatic heterocycles. The summed E-state index contributed by atoms with van der Waals surface area (Å²) in [5.74, 6) is 0. The Bertz CT molecular complexity index is 5360. The zero-order valence-electron chi connectivity index (χ0n) is 45.1. The summed E-state index contributed by atoms with van der Waals surface area (Å²) >= 11 is 0. The van der Waals surface area contributed by atoms with Gasteiger partial charge in [0.1, 0.15) is 33.5 Å². The van der Waals surface area contributed by atoms with Crippen LogP contribution in [0.4, 0.5) is 34.1 Å². The maximum atomic E-state index is 6.98. The number of furan rings is 4. The number of hydrogen-bond acceptors (Lipinski definition) is 6. The van der Waals surface area contributed by atoms with Gasteiger partial charge in [-0.2, -0.15) is 0 Å². The maximum Gasteiger partial charge on any atom is 0.159 e. The second kappa shape index (κ2) is 18.1. The van der Waals surface area contributed by atoms with Crippen molar-refractivity contribution in [2.45, 2.75) is 0 Å². The Hall–Kier alpha value is -11.3.